The van der Waals surface area contributed by atoms with E-state index < -0.39 is 0 Å². The lowest BCUT2D eigenvalue weighted by Crippen LogP contribution is -2.37. The van der Waals surface area contributed by atoms with E-state index in [1.54, 1.807) is 0 Å². The average molecular weight is 272 g/mol. The first-order chi connectivity index (χ1) is 9.16. The van der Waals surface area contributed by atoms with Crippen LogP contribution in [0.1, 0.15) is 52.9 Å². The van der Waals surface area contributed by atoms with Crippen LogP contribution in [-0.2, 0) is 9.47 Å². The van der Waals surface area contributed by atoms with E-state index in [2.05, 4.69) is 20.8 Å². The molecule has 3 unspecified atom stereocenters. The average Bonchev–Trinajstić information content (AvgIpc) is 2.37. The zero-order valence-corrected chi connectivity index (χ0v) is 12.9. The van der Waals surface area contributed by atoms with Crippen LogP contribution < -0.4 is 0 Å². The molecule has 0 saturated heterocycles. The molecule has 1 aliphatic carbocycles. The lowest BCUT2D eigenvalue weighted by atomic mass is 9.72. The molecule has 0 amide bonds. The van der Waals surface area contributed by atoms with Crippen LogP contribution in [0.25, 0.3) is 0 Å². The maximum Gasteiger partial charge on any atom is 0.0704 e. The van der Waals surface area contributed by atoms with Gasteiger partial charge in [0.2, 0.25) is 0 Å². The lowest BCUT2D eigenvalue weighted by Gasteiger charge is -2.39. The number of hydrogen-bond donors (Lipinski definition) is 1. The number of unbranched alkanes of at least 4 members (excludes halogenated alkanes) is 1. The lowest BCUT2D eigenvalue weighted by molar-refractivity contribution is -0.0647. The van der Waals surface area contributed by atoms with E-state index in [-0.39, 0.29) is 6.61 Å². The quantitative estimate of drug-likeness (QED) is 0.655. The molecule has 0 radical (unpaired) electrons. The van der Waals surface area contributed by atoms with E-state index >= 15 is 0 Å². The van der Waals surface area contributed by atoms with Crippen molar-refractivity contribution in [1.82, 2.24) is 0 Å². The molecule has 0 heterocycles. The van der Waals surface area contributed by atoms with Gasteiger partial charge in [-0.05, 0) is 37.0 Å². The highest BCUT2D eigenvalue weighted by atomic mass is 16.5. The molecule has 3 nitrogen and oxygen atoms in total. The molecule has 1 N–H and O–H groups in total. The van der Waals surface area contributed by atoms with Gasteiger partial charge in [0.1, 0.15) is 0 Å². The Balaban J connectivity index is 2.16. The molecule has 0 bridgehead atoms. The number of rotatable bonds is 9. The molecule has 1 fully saturated rings. The molecule has 0 aliphatic heterocycles. The number of hydrogen-bond acceptors (Lipinski definition) is 3. The standard InChI is InChI=1S/C16H32O3/c1-13(2)16-14(3)7-6-8-15(16)19-12-11-18-10-5-4-9-17/h13-17H,4-12H2,1-3H3. The molecule has 3 heteroatoms. The number of aliphatic hydroxyl groups excluding tert-OH is 1. The molecule has 0 aromatic heterocycles. The van der Waals surface area contributed by atoms with E-state index in [1.807, 2.05) is 0 Å². The summed E-state index contributed by atoms with van der Waals surface area (Å²) in [6.45, 7) is 9.38. The summed E-state index contributed by atoms with van der Waals surface area (Å²) in [7, 11) is 0. The molecular formula is C16H32O3. The molecule has 0 aromatic rings. The van der Waals surface area contributed by atoms with Gasteiger partial charge in [-0.3, -0.25) is 0 Å². The fourth-order valence-electron chi connectivity index (χ4n) is 3.35. The SMILES string of the molecule is CC(C)C1C(C)CCCC1OCCOCCCCO. The molecule has 0 spiro atoms. The Morgan fingerprint density at radius 1 is 1.11 bits per heavy atom. The first kappa shape index (κ1) is 16.9. The van der Waals surface area contributed by atoms with Crippen molar-refractivity contribution in [2.24, 2.45) is 17.8 Å². The smallest absolute Gasteiger partial charge is 0.0704 e. The summed E-state index contributed by atoms with van der Waals surface area (Å²) in [5.74, 6) is 2.18. The minimum Gasteiger partial charge on any atom is -0.396 e. The Morgan fingerprint density at radius 2 is 1.89 bits per heavy atom. The molecule has 1 saturated carbocycles. The van der Waals surface area contributed by atoms with Gasteiger partial charge in [0.15, 0.2) is 0 Å². The van der Waals surface area contributed by atoms with Crippen LogP contribution in [0.4, 0.5) is 0 Å². The highest BCUT2D eigenvalue weighted by Gasteiger charge is 2.33. The second-order valence-electron chi connectivity index (χ2n) is 6.18. The first-order valence-electron chi connectivity index (χ1n) is 7.97. The predicted octanol–water partition coefficient (Wildman–Crippen LogP) is 3.25. The number of aliphatic hydroxyl groups is 1. The molecule has 1 rings (SSSR count). The van der Waals surface area contributed by atoms with E-state index in [4.69, 9.17) is 14.6 Å². The summed E-state index contributed by atoms with van der Waals surface area (Å²) in [5, 5.41) is 8.66. The van der Waals surface area contributed by atoms with Crippen molar-refractivity contribution in [3.63, 3.8) is 0 Å². The Labute approximate surface area is 118 Å². The molecule has 1 aliphatic rings. The second-order valence-corrected chi connectivity index (χ2v) is 6.18. The Hall–Kier alpha value is -0.120. The van der Waals surface area contributed by atoms with Gasteiger partial charge in [-0.2, -0.15) is 0 Å². The molecule has 0 aromatic carbocycles. The summed E-state index contributed by atoms with van der Waals surface area (Å²) in [6, 6.07) is 0. The van der Waals surface area contributed by atoms with Crippen LogP contribution in [0, 0.1) is 17.8 Å². The minimum atomic E-state index is 0.260. The van der Waals surface area contributed by atoms with Crippen molar-refractivity contribution in [3.8, 4) is 0 Å². The fourth-order valence-corrected chi connectivity index (χ4v) is 3.35. The maximum absolute atomic E-state index is 8.66. The van der Waals surface area contributed by atoms with Gasteiger partial charge < -0.3 is 14.6 Å². The summed E-state index contributed by atoms with van der Waals surface area (Å²) in [4.78, 5) is 0. The Bertz CT molecular complexity index is 218. The van der Waals surface area contributed by atoms with Crippen LogP contribution in [0.5, 0.6) is 0 Å². The summed E-state index contributed by atoms with van der Waals surface area (Å²) < 4.78 is 11.6. The normalized spacial score (nSPS) is 27.9. The van der Waals surface area contributed by atoms with Gasteiger partial charge in [-0.25, -0.2) is 0 Å². The van der Waals surface area contributed by atoms with Crippen molar-refractivity contribution in [3.05, 3.63) is 0 Å². The topological polar surface area (TPSA) is 38.7 Å². The predicted molar refractivity (Wildman–Crippen MR) is 78.2 cm³/mol. The third-order valence-corrected chi connectivity index (χ3v) is 4.26. The monoisotopic (exact) mass is 272 g/mol. The van der Waals surface area contributed by atoms with Gasteiger partial charge in [0.25, 0.3) is 0 Å². The highest BCUT2D eigenvalue weighted by molar-refractivity contribution is 4.82. The van der Waals surface area contributed by atoms with Crippen molar-refractivity contribution in [2.45, 2.75) is 59.0 Å². The van der Waals surface area contributed by atoms with Crippen LogP contribution >= 0.6 is 0 Å². The summed E-state index contributed by atoms with van der Waals surface area (Å²) in [6.07, 6.45) is 6.04. The summed E-state index contributed by atoms with van der Waals surface area (Å²) >= 11 is 0. The van der Waals surface area contributed by atoms with Gasteiger partial charge in [-0.15, -0.1) is 0 Å². The van der Waals surface area contributed by atoms with E-state index in [9.17, 15) is 0 Å². The Kier molecular flexibility index (Phi) is 8.67. The van der Waals surface area contributed by atoms with Crippen molar-refractivity contribution in [2.75, 3.05) is 26.4 Å². The first-order valence-corrected chi connectivity index (χ1v) is 7.97. The van der Waals surface area contributed by atoms with Gasteiger partial charge in [0, 0.05) is 13.2 Å². The van der Waals surface area contributed by atoms with Crippen molar-refractivity contribution < 1.29 is 14.6 Å². The minimum absolute atomic E-state index is 0.260. The summed E-state index contributed by atoms with van der Waals surface area (Å²) in [5.41, 5.74) is 0. The van der Waals surface area contributed by atoms with Crippen LogP contribution in [0.15, 0.2) is 0 Å². The molecule has 19 heavy (non-hydrogen) atoms. The van der Waals surface area contributed by atoms with Crippen molar-refractivity contribution >= 4 is 0 Å². The molecule has 114 valence electrons. The molecule has 3 atom stereocenters. The third-order valence-electron chi connectivity index (χ3n) is 4.26. The van der Waals surface area contributed by atoms with Gasteiger partial charge in [0.05, 0.1) is 19.3 Å². The van der Waals surface area contributed by atoms with Crippen LogP contribution in [-0.4, -0.2) is 37.6 Å². The second kappa shape index (κ2) is 9.73. The van der Waals surface area contributed by atoms with Gasteiger partial charge in [-0.1, -0.05) is 33.6 Å². The van der Waals surface area contributed by atoms with Crippen LogP contribution in [0.3, 0.4) is 0 Å². The zero-order chi connectivity index (χ0) is 14.1. The fraction of sp³-hybridized carbons (Fsp3) is 1.00. The maximum atomic E-state index is 8.66. The van der Waals surface area contributed by atoms with Gasteiger partial charge >= 0.3 is 0 Å². The Morgan fingerprint density at radius 3 is 2.58 bits per heavy atom. The largest absolute Gasteiger partial charge is 0.396 e. The van der Waals surface area contributed by atoms with Crippen LogP contribution in [0.2, 0.25) is 0 Å². The molecular weight excluding hydrogens is 240 g/mol. The zero-order valence-electron chi connectivity index (χ0n) is 12.9. The van der Waals surface area contributed by atoms with E-state index in [0.29, 0.717) is 31.2 Å². The third kappa shape index (κ3) is 6.24. The highest BCUT2D eigenvalue weighted by Crippen LogP contribution is 2.36. The van der Waals surface area contributed by atoms with E-state index in [0.717, 1.165) is 25.4 Å². The van der Waals surface area contributed by atoms with Crippen molar-refractivity contribution in [1.29, 1.82) is 0 Å². The number of ether oxygens (including phenoxy) is 2. The van der Waals surface area contributed by atoms with E-state index in [1.165, 1.54) is 19.3 Å².